The maximum atomic E-state index is 12.0. The van der Waals surface area contributed by atoms with Gasteiger partial charge in [-0.05, 0) is 43.0 Å². The highest BCUT2D eigenvalue weighted by Gasteiger charge is 2.17. The summed E-state index contributed by atoms with van der Waals surface area (Å²) in [5, 5.41) is 0. The highest BCUT2D eigenvalue weighted by Crippen LogP contribution is 2.38. The lowest BCUT2D eigenvalue weighted by Gasteiger charge is -2.26. The van der Waals surface area contributed by atoms with E-state index in [0.29, 0.717) is 22.8 Å². The van der Waals surface area contributed by atoms with Crippen LogP contribution in [-0.4, -0.2) is 57.8 Å². The summed E-state index contributed by atoms with van der Waals surface area (Å²) in [6, 6.07) is 3.42. The van der Waals surface area contributed by atoms with E-state index in [4.69, 9.17) is 18.9 Å². The lowest BCUT2D eigenvalue weighted by atomic mass is 10.1. The van der Waals surface area contributed by atoms with Crippen LogP contribution in [-0.2, 0) is 14.3 Å². The van der Waals surface area contributed by atoms with Crippen molar-refractivity contribution in [1.82, 2.24) is 4.90 Å². The Balaban J connectivity index is 1.95. The number of amides is 1. The van der Waals surface area contributed by atoms with Gasteiger partial charge in [0.15, 0.2) is 18.1 Å². The van der Waals surface area contributed by atoms with Crippen LogP contribution in [0.5, 0.6) is 17.2 Å². The Morgan fingerprint density at radius 3 is 2.15 bits per heavy atom. The minimum Gasteiger partial charge on any atom is -0.493 e. The summed E-state index contributed by atoms with van der Waals surface area (Å²) in [5.74, 6) is 0.713. The molecule has 1 fully saturated rings. The van der Waals surface area contributed by atoms with E-state index in [9.17, 15) is 9.59 Å². The van der Waals surface area contributed by atoms with Gasteiger partial charge in [0.2, 0.25) is 5.75 Å². The molecule has 1 amide bonds. The predicted octanol–water partition coefficient (Wildman–Crippen LogP) is 2.28. The van der Waals surface area contributed by atoms with Gasteiger partial charge in [0.25, 0.3) is 5.91 Å². The molecule has 0 spiro atoms. The van der Waals surface area contributed by atoms with E-state index in [1.165, 1.54) is 27.4 Å². The molecule has 1 aliphatic rings. The first kappa shape index (κ1) is 19.6. The number of benzene rings is 1. The molecule has 1 aliphatic heterocycles. The Kier molecular flexibility index (Phi) is 7.32. The fraction of sp³-hybridized carbons (Fsp3) is 0.474. The molecule has 1 aromatic carbocycles. The van der Waals surface area contributed by atoms with Gasteiger partial charge in [-0.1, -0.05) is 0 Å². The number of piperidine rings is 1. The maximum absolute atomic E-state index is 12.0. The van der Waals surface area contributed by atoms with Crippen molar-refractivity contribution >= 4 is 18.0 Å². The first-order valence-corrected chi connectivity index (χ1v) is 8.51. The van der Waals surface area contributed by atoms with E-state index < -0.39 is 5.97 Å². The zero-order valence-corrected chi connectivity index (χ0v) is 15.4. The number of carbonyl (C=O) groups excluding carboxylic acids is 2. The number of nitrogens with zero attached hydrogens (tertiary/aromatic N) is 1. The Labute approximate surface area is 153 Å². The largest absolute Gasteiger partial charge is 0.493 e. The van der Waals surface area contributed by atoms with Gasteiger partial charge < -0.3 is 23.8 Å². The minimum atomic E-state index is -0.580. The van der Waals surface area contributed by atoms with Crippen molar-refractivity contribution in [3.63, 3.8) is 0 Å². The van der Waals surface area contributed by atoms with Gasteiger partial charge in [-0.25, -0.2) is 4.79 Å². The highest BCUT2D eigenvalue weighted by molar-refractivity contribution is 5.89. The van der Waals surface area contributed by atoms with Crippen molar-refractivity contribution in [2.45, 2.75) is 19.3 Å². The lowest BCUT2D eigenvalue weighted by molar-refractivity contribution is -0.148. The third-order valence-electron chi connectivity index (χ3n) is 4.15. The van der Waals surface area contributed by atoms with Crippen LogP contribution in [0.2, 0.25) is 0 Å². The van der Waals surface area contributed by atoms with Gasteiger partial charge in [-0.2, -0.15) is 0 Å². The fourth-order valence-electron chi connectivity index (χ4n) is 2.78. The Hall–Kier alpha value is -2.70. The summed E-state index contributed by atoms with van der Waals surface area (Å²) >= 11 is 0. The number of methoxy groups -OCH3 is 3. The molecular formula is C19H25NO6. The summed E-state index contributed by atoms with van der Waals surface area (Å²) in [6.45, 7) is 1.23. The zero-order valence-electron chi connectivity index (χ0n) is 15.4. The van der Waals surface area contributed by atoms with Crippen molar-refractivity contribution < 1.29 is 28.5 Å². The van der Waals surface area contributed by atoms with Gasteiger partial charge in [-0.3, -0.25) is 4.79 Å². The molecule has 0 aromatic heterocycles. The second-order valence-corrected chi connectivity index (χ2v) is 5.84. The van der Waals surface area contributed by atoms with Gasteiger partial charge in [0.1, 0.15) is 0 Å². The van der Waals surface area contributed by atoms with Gasteiger partial charge >= 0.3 is 5.97 Å². The standard InChI is InChI=1S/C19H25NO6/c1-23-15-11-14(12-16(24-2)19(15)25-3)7-8-18(22)26-13-17(21)20-9-5-4-6-10-20/h7-8,11-12H,4-6,9-10,13H2,1-3H3/b8-7+. The van der Waals surface area contributed by atoms with E-state index >= 15 is 0 Å². The Morgan fingerprint density at radius 2 is 1.62 bits per heavy atom. The summed E-state index contributed by atoms with van der Waals surface area (Å²) in [6.07, 6.45) is 5.98. The molecular weight excluding hydrogens is 338 g/mol. The van der Waals surface area contributed by atoms with Crippen molar-refractivity contribution in [1.29, 1.82) is 0 Å². The number of rotatable bonds is 7. The molecule has 1 saturated heterocycles. The molecule has 7 nitrogen and oxygen atoms in total. The smallest absolute Gasteiger partial charge is 0.331 e. The maximum Gasteiger partial charge on any atom is 0.331 e. The van der Waals surface area contributed by atoms with Crippen molar-refractivity contribution in [3.05, 3.63) is 23.8 Å². The summed E-state index contributed by atoms with van der Waals surface area (Å²) in [7, 11) is 4.56. The van der Waals surface area contributed by atoms with Crippen LogP contribution >= 0.6 is 0 Å². The van der Waals surface area contributed by atoms with Gasteiger partial charge in [0.05, 0.1) is 21.3 Å². The second kappa shape index (κ2) is 9.70. The minimum absolute atomic E-state index is 0.153. The van der Waals surface area contributed by atoms with Crippen molar-refractivity contribution in [3.8, 4) is 17.2 Å². The predicted molar refractivity (Wildman–Crippen MR) is 96.5 cm³/mol. The van der Waals surface area contributed by atoms with Crippen LogP contribution in [0.4, 0.5) is 0 Å². The van der Waals surface area contributed by atoms with Crippen LogP contribution < -0.4 is 14.2 Å². The van der Waals surface area contributed by atoms with E-state index in [1.54, 1.807) is 23.1 Å². The number of hydrogen-bond acceptors (Lipinski definition) is 6. The van der Waals surface area contributed by atoms with Crippen molar-refractivity contribution in [2.75, 3.05) is 41.0 Å². The molecule has 0 N–H and O–H groups in total. The number of esters is 1. The molecule has 2 rings (SSSR count). The molecule has 142 valence electrons. The van der Waals surface area contributed by atoms with Crippen molar-refractivity contribution in [2.24, 2.45) is 0 Å². The summed E-state index contributed by atoms with van der Waals surface area (Å²) in [5.41, 5.74) is 0.679. The molecule has 0 radical (unpaired) electrons. The first-order valence-electron chi connectivity index (χ1n) is 8.51. The van der Waals surface area contributed by atoms with Crippen LogP contribution in [0.15, 0.2) is 18.2 Å². The molecule has 0 aliphatic carbocycles. The number of hydrogen-bond donors (Lipinski definition) is 0. The van der Waals surface area contributed by atoms with Crippen LogP contribution in [0.1, 0.15) is 24.8 Å². The Bertz CT molecular complexity index is 639. The van der Waals surface area contributed by atoms with E-state index in [1.807, 2.05) is 0 Å². The van der Waals surface area contributed by atoms with E-state index in [2.05, 4.69) is 0 Å². The monoisotopic (exact) mass is 363 g/mol. The third kappa shape index (κ3) is 5.15. The quantitative estimate of drug-likeness (QED) is 0.547. The molecule has 7 heteroatoms. The summed E-state index contributed by atoms with van der Waals surface area (Å²) in [4.78, 5) is 25.6. The van der Waals surface area contributed by atoms with Gasteiger partial charge in [-0.15, -0.1) is 0 Å². The number of carbonyl (C=O) groups is 2. The molecule has 1 aromatic rings. The van der Waals surface area contributed by atoms with Crippen LogP contribution in [0.3, 0.4) is 0 Å². The molecule has 0 atom stereocenters. The first-order chi connectivity index (χ1) is 12.6. The normalized spacial score (nSPS) is 14.2. The SMILES string of the molecule is COc1cc(/C=C/C(=O)OCC(=O)N2CCCCC2)cc(OC)c1OC. The molecule has 1 heterocycles. The van der Waals surface area contributed by atoms with Gasteiger partial charge in [0, 0.05) is 19.2 Å². The molecule has 0 bridgehead atoms. The topological polar surface area (TPSA) is 74.3 Å². The average Bonchev–Trinajstić information content (AvgIpc) is 2.69. The third-order valence-corrected chi connectivity index (χ3v) is 4.15. The van der Waals surface area contributed by atoms with Crippen LogP contribution in [0, 0.1) is 0 Å². The lowest BCUT2D eigenvalue weighted by Crippen LogP contribution is -2.38. The number of ether oxygens (including phenoxy) is 4. The molecule has 0 saturated carbocycles. The zero-order chi connectivity index (χ0) is 18.9. The second-order valence-electron chi connectivity index (χ2n) is 5.84. The average molecular weight is 363 g/mol. The fourth-order valence-corrected chi connectivity index (χ4v) is 2.78. The molecule has 26 heavy (non-hydrogen) atoms. The van der Waals surface area contributed by atoms with E-state index in [0.717, 1.165) is 32.4 Å². The molecule has 0 unspecified atom stereocenters. The Morgan fingerprint density at radius 1 is 1.00 bits per heavy atom. The summed E-state index contributed by atoms with van der Waals surface area (Å²) < 4.78 is 20.8. The highest BCUT2D eigenvalue weighted by atomic mass is 16.5. The number of likely N-dealkylation sites (tertiary alicyclic amines) is 1. The van der Waals surface area contributed by atoms with Crippen LogP contribution in [0.25, 0.3) is 6.08 Å². The van der Waals surface area contributed by atoms with E-state index in [-0.39, 0.29) is 12.5 Å².